The molecule has 0 saturated heterocycles. The molecule has 0 aliphatic heterocycles. The number of alkyl halides is 2. The Morgan fingerprint density at radius 1 is 1.33 bits per heavy atom. The summed E-state index contributed by atoms with van der Waals surface area (Å²) in [7, 11) is -3.88. The van der Waals surface area contributed by atoms with Crippen molar-refractivity contribution in [3.8, 4) is 5.75 Å². The van der Waals surface area contributed by atoms with Gasteiger partial charge in [0.1, 0.15) is 5.75 Å². The molecule has 0 amide bonds. The fraction of sp³-hybridized carbons (Fsp3) is 0.167. The molecule has 0 radical (unpaired) electrons. The van der Waals surface area contributed by atoms with Gasteiger partial charge in [-0.2, -0.15) is 8.78 Å². The summed E-state index contributed by atoms with van der Waals surface area (Å²) in [4.78, 5) is 0.729. The van der Waals surface area contributed by atoms with Crippen molar-refractivity contribution >= 4 is 27.0 Å². The number of sulfonamides is 1. The van der Waals surface area contributed by atoms with Crippen molar-refractivity contribution in [3.05, 3.63) is 40.6 Å². The van der Waals surface area contributed by atoms with Gasteiger partial charge in [-0.15, -0.1) is 11.3 Å². The number of anilines is 1. The highest BCUT2D eigenvalue weighted by Gasteiger charge is 2.19. The molecule has 2 rings (SSSR count). The van der Waals surface area contributed by atoms with Gasteiger partial charge in [0.05, 0.1) is 10.6 Å². The van der Waals surface area contributed by atoms with E-state index in [9.17, 15) is 17.2 Å². The van der Waals surface area contributed by atoms with Crippen molar-refractivity contribution in [1.82, 2.24) is 0 Å². The van der Waals surface area contributed by atoms with Crippen molar-refractivity contribution in [2.45, 2.75) is 18.1 Å². The third kappa shape index (κ3) is 3.90. The first-order valence-electron chi connectivity index (χ1n) is 5.76. The van der Waals surface area contributed by atoms with E-state index in [0.717, 1.165) is 0 Å². The van der Waals surface area contributed by atoms with Gasteiger partial charge in [0, 0.05) is 16.8 Å². The lowest BCUT2D eigenvalue weighted by molar-refractivity contribution is -0.0493. The Hall–Kier alpha value is -1.71. The molecule has 5 nitrogen and oxygen atoms in total. The van der Waals surface area contributed by atoms with Gasteiger partial charge in [0.15, 0.2) is 0 Å². The standard InChI is InChI=1S/C12H12F2N2O3S2/c13-12(14)19-11-4-2-1-3-10(11)16-21(17,18)9-5-8(6-15)20-7-9/h1-5,7,12,16H,6,15H2. The highest BCUT2D eigenvalue weighted by atomic mass is 32.2. The lowest BCUT2D eigenvalue weighted by Crippen LogP contribution is -2.14. The molecule has 3 N–H and O–H groups in total. The van der Waals surface area contributed by atoms with Crippen LogP contribution in [-0.2, 0) is 16.6 Å². The number of thiophene rings is 1. The van der Waals surface area contributed by atoms with Crippen LogP contribution in [0.1, 0.15) is 4.88 Å². The molecule has 0 aliphatic rings. The number of hydrogen-bond acceptors (Lipinski definition) is 5. The number of nitrogens with two attached hydrogens (primary N) is 1. The average molecular weight is 334 g/mol. The van der Waals surface area contributed by atoms with E-state index in [1.54, 1.807) is 0 Å². The van der Waals surface area contributed by atoms with Crippen LogP contribution in [-0.4, -0.2) is 15.0 Å². The Morgan fingerprint density at radius 2 is 2.05 bits per heavy atom. The Labute approximate surface area is 124 Å². The summed E-state index contributed by atoms with van der Waals surface area (Å²) in [5.74, 6) is -0.245. The van der Waals surface area contributed by atoms with Crippen LogP contribution in [0.3, 0.4) is 0 Å². The zero-order valence-corrected chi connectivity index (χ0v) is 12.3. The van der Waals surface area contributed by atoms with Gasteiger partial charge in [0.25, 0.3) is 10.0 Å². The molecule has 114 valence electrons. The maximum absolute atomic E-state index is 12.3. The van der Waals surface area contributed by atoms with Crippen molar-refractivity contribution in [2.24, 2.45) is 5.73 Å². The third-order valence-corrected chi connectivity index (χ3v) is 4.94. The SMILES string of the molecule is NCc1cc(S(=O)(=O)Nc2ccccc2OC(F)F)cs1. The molecule has 0 bridgehead atoms. The first-order valence-corrected chi connectivity index (χ1v) is 8.13. The summed E-state index contributed by atoms with van der Waals surface area (Å²) < 4.78 is 55.5. The van der Waals surface area contributed by atoms with E-state index in [0.29, 0.717) is 4.88 Å². The van der Waals surface area contributed by atoms with Crippen LogP contribution in [0.25, 0.3) is 0 Å². The van der Waals surface area contributed by atoms with Gasteiger partial charge in [-0.25, -0.2) is 8.42 Å². The topological polar surface area (TPSA) is 81.4 Å². The van der Waals surface area contributed by atoms with Crippen LogP contribution in [0.2, 0.25) is 0 Å². The third-order valence-electron chi connectivity index (χ3n) is 2.49. The molecule has 0 atom stereocenters. The lowest BCUT2D eigenvalue weighted by Gasteiger charge is -2.12. The quantitative estimate of drug-likeness (QED) is 0.851. The predicted molar refractivity (Wildman–Crippen MR) is 76.1 cm³/mol. The molecule has 0 unspecified atom stereocenters. The first-order chi connectivity index (χ1) is 9.92. The second-order valence-corrected chi connectivity index (χ2v) is 6.61. The molecule has 1 aromatic heterocycles. The van der Waals surface area contributed by atoms with E-state index in [-0.39, 0.29) is 22.9 Å². The summed E-state index contributed by atoms with van der Waals surface area (Å²) in [6.45, 7) is -2.81. The highest BCUT2D eigenvalue weighted by Crippen LogP contribution is 2.29. The number of benzene rings is 1. The van der Waals surface area contributed by atoms with E-state index < -0.39 is 16.6 Å². The lowest BCUT2D eigenvalue weighted by atomic mass is 10.3. The molecule has 0 aliphatic carbocycles. The van der Waals surface area contributed by atoms with E-state index in [1.165, 1.54) is 47.0 Å². The van der Waals surface area contributed by atoms with Crippen molar-refractivity contribution in [2.75, 3.05) is 4.72 Å². The van der Waals surface area contributed by atoms with Crippen LogP contribution >= 0.6 is 11.3 Å². The maximum Gasteiger partial charge on any atom is 0.387 e. The molecule has 0 fully saturated rings. The molecular formula is C12H12F2N2O3S2. The Kier molecular flexibility index (Phi) is 4.76. The molecule has 0 saturated carbocycles. The minimum atomic E-state index is -3.88. The van der Waals surface area contributed by atoms with Gasteiger partial charge < -0.3 is 10.5 Å². The van der Waals surface area contributed by atoms with Gasteiger partial charge in [-0.05, 0) is 18.2 Å². The van der Waals surface area contributed by atoms with Crippen molar-refractivity contribution in [1.29, 1.82) is 0 Å². The fourth-order valence-corrected chi connectivity index (χ4v) is 3.79. The number of hydrogen-bond donors (Lipinski definition) is 2. The average Bonchev–Trinajstić information content (AvgIpc) is 2.90. The largest absolute Gasteiger partial charge is 0.433 e. The minimum absolute atomic E-state index is 0.0276. The number of rotatable bonds is 6. The number of para-hydroxylation sites is 2. The van der Waals surface area contributed by atoms with E-state index in [1.807, 2.05) is 0 Å². The molecule has 2 aromatic rings. The second-order valence-electron chi connectivity index (χ2n) is 3.93. The van der Waals surface area contributed by atoms with Crippen LogP contribution < -0.4 is 15.2 Å². The van der Waals surface area contributed by atoms with E-state index in [4.69, 9.17) is 5.73 Å². The first kappa shape index (κ1) is 15.7. The van der Waals surface area contributed by atoms with Gasteiger partial charge in [-0.1, -0.05) is 12.1 Å². The number of halogens is 2. The smallest absolute Gasteiger partial charge is 0.387 e. The van der Waals surface area contributed by atoms with Crippen molar-refractivity contribution in [3.63, 3.8) is 0 Å². The summed E-state index contributed by atoms with van der Waals surface area (Å²) in [6, 6.07) is 7.00. The molecular weight excluding hydrogens is 322 g/mol. The minimum Gasteiger partial charge on any atom is -0.433 e. The van der Waals surface area contributed by atoms with Crippen LogP contribution in [0, 0.1) is 0 Å². The van der Waals surface area contributed by atoms with E-state index in [2.05, 4.69) is 9.46 Å². The maximum atomic E-state index is 12.3. The fourth-order valence-electron chi connectivity index (χ4n) is 1.56. The van der Waals surface area contributed by atoms with Gasteiger partial charge in [0.2, 0.25) is 0 Å². The van der Waals surface area contributed by atoms with Crippen LogP contribution in [0.4, 0.5) is 14.5 Å². The zero-order chi connectivity index (χ0) is 15.5. The van der Waals surface area contributed by atoms with Crippen LogP contribution in [0.5, 0.6) is 5.75 Å². The van der Waals surface area contributed by atoms with Crippen LogP contribution in [0.15, 0.2) is 40.6 Å². The number of nitrogens with one attached hydrogen (secondary N) is 1. The van der Waals surface area contributed by atoms with Crippen molar-refractivity contribution < 1.29 is 21.9 Å². The van der Waals surface area contributed by atoms with Gasteiger partial charge >= 0.3 is 6.61 Å². The summed E-state index contributed by atoms with van der Waals surface area (Å²) in [6.07, 6.45) is 0. The monoisotopic (exact) mass is 334 g/mol. The molecule has 9 heteroatoms. The Bertz CT molecular complexity index is 717. The zero-order valence-electron chi connectivity index (χ0n) is 10.6. The summed E-state index contributed by atoms with van der Waals surface area (Å²) in [5.41, 5.74) is 5.37. The molecule has 0 spiro atoms. The predicted octanol–water partition coefficient (Wildman–Crippen LogP) is 2.61. The normalized spacial score (nSPS) is 11.6. The second kappa shape index (κ2) is 6.37. The van der Waals surface area contributed by atoms with E-state index >= 15 is 0 Å². The highest BCUT2D eigenvalue weighted by molar-refractivity contribution is 7.92. The number of ether oxygens (including phenoxy) is 1. The molecule has 1 aromatic carbocycles. The van der Waals surface area contributed by atoms with Gasteiger partial charge in [-0.3, -0.25) is 4.72 Å². The Balaban J connectivity index is 2.28. The summed E-state index contributed by atoms with van der Waals surface area (Å²) in [5, 5.41) is 1.43. The molecule has 21 heavy (non-hydrogen) atoms. The molecule has 1 heterocycles. The Morgan fingerprint density at radius 3 is 2.67 bits per heavy atom. The summed E-state index contributed by atoms with van der Waals surface area (Å²) >= 11 is 1.21.